The zero-order valence-corrected chi connectivity index (χ0v) is 12.4. The molecule has 8 nitrogen and oxygen atoms in total. The number of aliphatic carboxylic acids is 2. The Labute approximate surface area is 127 Å². The van der Waals surface area contributed by atoms with Crippen LogP contribution in [0.1, 0.15) is 50.7 Å². The Morgan fingerprint density at radius 2 is 2.00 bits per heavy atom. The Hall–Kier alpha value is -2.22. The summed E-state index contributed by atoms with van der Waals surface area (Å²) in [6, 6.07) is 1.10. The molecule has 22 heavy (non-hydrogen) atoms. The van der Waals surface area contributed by atoms with Crippen molar-refractivity contribution in [1.82, 2.24) is 15.5 Å². The molecular formula is C14H19N3O5. The van der Waals surface area contributed by atoms with Crippen molar-refractivity contribution in [1.29, 1.82) is 0 Å². The molecule has 3 rings (SSSR count). The van der Waals surface area contributed by atoms with Crippen molar-refractivity contribution in [2.24, 2.45) is 0 Å². The van der Waals surface area contributed by atoms with E-state index in [1.807, 2.05) is 0 Å². The maximum absolute atomic E-state index is 9.10. The van der Waals surface area contributed by atoms with E-state index < -0.39 is 11.9 Å². The lowest BCUT2D eigenvalue weighted by atomic mass is 10.0. The molecule has 0 aliphatic carbocycles. The number of fused-ring (bicyclic) bond motifs is 2. The van der Waals surface area contributed by atoms with Crippen molar-refractivity contribution in [2.75, 3.05) is 0 Å². The molecule has 1 aromatic heterocycles. The highest BCUT2D eigenvalue weighted by molar-refractivity contribution is 6.27. The third kappa shape index (κ3) is 3.70. The molecule has 2 aliphatic rings. The Balaban J connectivity index is 0.000000254. The molecule has 1 saturated heterocycles. The van der Waals surface area contributed by atoms with E-state index in [4.69, 9.17) is 24.3 Å². The first-order valence-electron chi connectivity index (χ1n) is 7.14. The van der Waals surface area contributed by atoms with E-state index in [2.05, 4.69) is 35.4 Å². The number of carboxylic acids is 2. The Morgan fingerprint density at radius 1 is 1.32 bits per heavy atom. The van der Waals surface area contributed by atoms with Gasteiger partial charge in [-0.05, 0) is 19.3 Å². The molecule has 2 aliphatic heterocycles. The van der Waals surface area contributed by atoms with Crippen LogP contribution in [0.3, 0.4) is 0 Å². The van der Waals surface area contributed by atoms with Crippen molar-refractivity contribution >= 4 is 17.5 Å². The Morgan fingerprint density at radius 3 is 2.55 bits per heavy atom. The van der Waals surface area contributed by atoms with Gasteiger partial charge >= 0.3 is 11.9 Å². The average molecular weight is 309 g/mol. The summed E-state index contributed by atoms with van der Waals surface area (Å²) in [4.78, 5) is 22.7. The van der Waals surface area contributed by atoms with E-state index in [9.17, 15) is 0 Å². The molecule has 120 valence electrons. The summed E-state index contributed by atoms with van der Waals surface area (Å²) >= 11 is 0. The van der Waals surface area contributed by atoms with Gasteiger partial charge < -0.3 is 20.1 Å². The summed E-state index contributed by atoms with van der Waals surface area (Å²) in [6.07, 6.45) is 5.80. The van der Waals surface area contributed by atoms with Gasteiger partial charge in [-0.25, -0.2) is 9.59 Å². The van der Waals surface area contributed by atoms with Gasteiger partial charge in [-0.1, -0.05) is 25.1 Å². The molecule has 8 heteroatoms. The molecule has 0 saturated carbocycles. The highest BCUT2D eigenvalue weighted by Crippen LogP contribution is 2.32. The molecule has 3 N–H and O–H groups in total. The number of rotatable bonds is 2. The number of hydrogen-bond donors (Lipinski definition) is 3. The third-order valence-corrected chi connectivity index (χ3v) is 3.63. The highest BCUT2D eigenvalue weighted by Gasteiger charge is 2.32. The van der Waals surface area contributed by atoms with Crippen LogP contribution >= 0.6 is 0 Å². The minimum absolute atomic E-state index is 0.325. The predicted octanol–water partition coefficient (Wildman–Crippen LogP) is 1.26. The second-order valence-corrected chi connectivity index (χ2v) is 5.61. The predicted molar refractivity (Wildman–Crippen MR) is 76.2 cm³/mol. The summed E-state index contributed by atoms with van der Waals surface area (Å²) < 4.78 is 5.35. The highest BCUT2D eigenvalue weighted by atomic mass is 16.5. The number of hydrogen-bond acceptors (Lipinski definition) is 6. The topological polar surface area (TPSA) is 126 Å². The van der Waals surface area contributed by atoms with Crippen LogP contribution < -0.4 is 5.32 Å². The monoisotopic (exact) mass is 309 g/mol. The van der Waals surface area contributed by atoms with E-state index in [0.29, 0.717) is 23.9 Å². The maximum atomic E-state index is 9.10. The first kappa shape index (κ1) is 16.2. The molecule has 0 amide bonds. The van der Waals surface area contributed by atoms with E-state index in [0.717, 1.165) is 12.2 Å². The Kier molecular flexibility index (Phi) is 4.92. The van der Waals surface area contributed by atoms with Crippen LogP contribution in [0.5, 0.6) is 0 Å². The third-order valence-electron chi connectivity index (χ3n) is 3.63. The van der Waals surface area contributed by atoms with Crippen molar-refractivity contribution in [3.63, 3.8) is 0 Å². The van der Waals surface area contributed by atoms with Crippen molar-refractivity contribution in [3.8, 4) is 0 Å². The molecule has 2 atom stereocenters. The van der Waals surface area contributed by atoms with Gasteiger partial charge in [0.1, 0.15) is 0 Å². The normalized spacial score (nSPS) is 22.8. The summed E-state index contributed by atoms with van der Waals surface area (Å²) in [5.74, 6) is -1.81. The van der Waals surface area contributed by atoms with Crippen LogP contribution in [0, 0.1) is 0 Å². The van der Waals surface area contributed by atoms with Crippen LogP contribution in [0.2, 0.25) is 0 Å². The van der Waals surface area contributed by atoms with Gasteiger partial charge in [-0.3, -0.25) is 0 Å². The standard InChI is InChI=1S/C12H17N3O.C2H2O4/c1-7(2)11-14-12(16-15-11)9-5-3-8-4-6-10(9)13-8;3-1(4)2(5)6/h5,7-8,10,13H,3-4,6H2,1-2H3;(H,3,4)(H,5,6). The van der Waals surface area contributed by atoms with Crippen LogP contribution in [0.4, 0.5) is 0 Å². The number of carbonyl (C=O) groups is 2. The van der Waals surface area contributed by atoms with E-state index in [-0.39, 0.29) is 0 Å². The Bertz CT molecular complexity index is 581. The lowest BCUT2D eigenvalue weighted by molar-refractivity contribution is -0.159. The lowest BCUT2D eigenvalue weighted by Gasteiger charge is -2.19. The van der Waals surface area contributed by atoms with Crippen molar-refractivity contribution in [3.05, 3.63) is 17.8 Å². The largest absolute Gasteiger partial charge is 0.473 e. The zero-order valence-electron chi connectivity index (χ0n) is 12.4. The summed E-state index contributed by atoms with van der Waals surface area (Å²) in [5.41, 5.74) is 1.20. The van der Waals surface area contributed by atoms with E-state index in [1.54, 1.807) is 0 Å². The summed E-state index contributed by atoms with van der Waals surface area (Å²) in [6.45, 7) is 4.15. The van der Waals surface area contributed by atoms with E-state index in [1.165, 1.54) is 18.4 Å². The van der Waals surface area contributed by atoms with Gasteiger partial charge in [0.2, 0.25) is 0 Å². The molecule has 2 bridgehead atoms. The van der Waals surface area contributed by atoms with Crippen LogP contribution in [-0.2, 0) is 9.59 Å². The number of carboxylic acid groups (broad SMARTS) is 2. The number of aromatic nitrogens is 2. The minimum atomic E-state index is -1.82. The lowest BCUT2D eigenvalue weighted by Crippen LogP contribution is -2.33. The van der Waals surface area contributed by atoms with Crippen LogP contribution in [0.15, 0.2) is 10.6 Å². The summed E-state index contributed by atoms with van der Waals surface area (Å²) in [7, 11) is 0. The first-order valence-corrected chi connectivity index (χ1v) is 7.14. The second-order valence-electron chi connectivity index (χ2n) is 5.61. The van der Waals surface area contributed by atoms with Crippen molar-refractivity contribution < 1.29 is 24.3 Å². The fourth-order valence-electron chi connectivity index (χ4n) is 2.48. The van der Waals surface area contributed by atoms with Gasteiger partial charge in [0.15, 0.2) is 5.82 Å². The number of nitrogens with one attached hydrogen (secondary N) is 1. The second kappa shape index (κ2) is 6.69. The average Bonchev–Trinajstić information content (AvgIpc) is 3.08. The van der Waals surface area contributed by atoms with Gasteiger partial charge in [0.25, 0.3) is 5.89 Å². The smallest absolute Gasteiger partial charge is 0.414 e. The van der Waals surface area contributed by atoms with Crippen LogP contribution in [-0.4, -0.2) is 44.4 Å². The molecule has 2 unspecified atom stereocenters. The van der Waals surface area contributed by atoms with Gasteiger partial charge in [0, 0.05) is 23.6 Å². The quantitative estimate of drug-likeness (QED) is 0.697. The number of nitrogens with zero attached hydrogens (tertiary/aromatic N) is 2. The zero-order chi connectivity index (χ0) is 16.3. The molecule has 1 fully saturated rings. The van der Waals surface area contributed by atoms with Gasteiger partial charge in [-0.2, -0.15) is 4.98 Å². The van der Waals surface area contributed by atoms with E-state index >= 15 is 0 Å². The molecule has 3 heterocycles. The molecular weight excluding hydrogens is 290 g/mol. The molecule has 0 radical (unpaired) electrons. The van der Waals surface area contributed by atoms with Gasteiger partial charge in [0.05, 0.1) is 0 Å². The van der Waals surface area contributed by atoms with Crippen LogP contribution in [0.25, 0.3) is 5.57 Å². The molecule has 0 aromatic carbocycles. The maximum Gasteiger partial charge on any atom is 0.414 e. The van der Waals surface area contributed by atoms with Gasteiger partial charge in [-0.15, -0.1) is 0 Å². The molecule has 1 aromatic rings. The van der Waals surface area contributed by atoms with Crippen molar-refractivity contribution in [2.45, 2.75) is 51.1 Å². The molecule has 0 spiro atoms. The summed E-state index contributed by atoms with van der Waals surface area (Å²) in [5, 5.41) is 22.4. The fourth-order valence-corrected chi connectivity index (χ4v) is 2.48. The SMILES string of the molecule is CC(C)c1noc(C2=CCC3CCC2N3)n1.O=C(O)C(=O)O. The first-order chi connectivity index (χ1) is 10.4. The fraction of sp³-hybridized carbons (Fsp3) is 0.571. The minimum Gasteiger partial charge on any atom is -0.473 e.